The van der Waals surface area contributed by atoms with Crippen molar-refractivity contribution in [3.8, 4) is 10.6 Å². The topological polar surface area (TPSA) is 59.1 Å². The van der Waals surface area contributed by atoms with Crippen molar-refractivity contribution in [1.29, 1.82) is 0 Å². The fourth-order valence-corrected chi connectivity index (χ4v) is 6.51. The number of carbonyl (C=O) groups is 2. The highest BCUT2D eigenvalue weighted by molar-refractivity contribution is 7.13. The van der Waals surface area contributed by atoms with E-state index < -0.39 is 16.2 Å². The zero-order valence-electron chi connectivity index (χ0n) is 18.9. The maximum absolute atomic E-state index is 13.1. The molecular weight excluding hydrogens is 594 g/mol. The van der Waals surface area contributed by atoms with E-state index in [9.17, 15) is 9.59 Å². The Morgan fingerprint density at radius 2 is 1.65 bits per heavy atom. The maximum atomic E-state index is 13.1. The van der Waals surface area contributed by atoms with Crippen LogP contribution in [0.4, 0.5) is 5.69 Å². The van der Waals surface area contributed by atoms with Crippen LogP contribution in [0.1, 0.15) is 27.4 Å². The average Bonchev–Trinajstić information content (AvgIpc) is 3.16. The number of ketones is 1. The van der Waals surface area contributed by atoms with Crippen molar-refractivity contribution in [2.75, 3.05) is 5.32 Å². The number of alkyl halides is 2. The maximum Gasteiger partial charge on any atom is 0.231 e. The predicted octanol–water partition coefficient (Wildman–Crippen LogP) is 8.72. The number of aromatic nitrogens is 1. The van der Waals surface area contributed by atoms with Gasteiger partial charge in [-0.2, -0.15) is 0 Å². The standard InChI is InChI=1S/C27H17Cl5N2O2S/c28-17-10-16(11-18(29)12-17)23-24(27(23,31)32)25(36)34-19-5-6-21(30)20(13-19)22(35)9-14-1-3-15(4-2-14)26-33-7-8-37-26/h1-8,10-13,23-24H,9H2,(H,34,36). The zero-order chi connectivity index (χ0) is 26.3. The van der Waals surface area contributed by atoms with Gasteiger partial charge in [-0.15, -0.1) is 34.5 Å². The lowest BCUT2D eigenvalue weighted by Gasteiger charge is -2.10. The van der Waals surface area contributed by atoms with Gasteiger partial charge >= 0.3 is 0 Å². The highest BCUT2D eigenvalue weighted by Gasteiger charge is 2.67. The van der Waals surface area contributed by atoms with E-state index in [2.05, 4.69) is 10.3 Å². The summed E-state index contributed by atoms with van der Waals surface area (Å²) in [6, 6.07) is 17.4. The number of halogens is 5. The van der Waals surface area contributed by atoms with Gasteiger partial charge in [0.2, 0.25) is 5.91 Å². The molecule has 0 spiro atoms. The third-order valence-corrected chi connectivity index (χ3v) is 8.64. The molecule has 10 heteroatoms. The molecule has 0 aliphatic heterocycles. The van der Waals surface area contributed by atoms with Gasteiger partial charge in [0.15, 0.2) is 5.78 Å². The first-order chi connectivity index (χ1) is 17.6. The molecule has 1 aromatic heterocycles. The van der Waals surface area contributed by atoms with Crippen LogP contribution in [0.25, 0.3) is 10.6 Å². The highest BCUT2D eigenvalue weighted by atomic mass is 35.5. The largest absolute Gasteiger partial charge is 0.326 e. The van der Waals surface area contributed by atoms with E-state index in [1.807, 2.05) is 29.6 Å². The van der Waals surface area contributed by atoms with Gasteiger partial charge in [-0.25, -0.2) is 4.98 Å². The second kappa shape index (κ2) is 10.6. The Balaban J connectivity index is 1.29. The lowest BCUT2D eigenvalue weighted by Crippen LogP contribution is -2.17. The third-order valence-electron chi connectivity index (χ3n) is 6.11. The molecule has 37 heavy (non-hydrogen) atoms. The van der Waals surface area contributed by atoms with Crippen LogP contribution in [-0.4, -0.2) is 21.0 Å². The smallest absolute Gasteiger partial charge is 0.231 e. The first-order valence-electron chi connectivity index (χ1n) is 11.1. The molecule has 188 valence electrons. The van der Waals surface area contributed by atoms with Crippen molar-refractivity contribution in [2.24, 2.45) is 5.92 Å². The molecule has 1 N–H and O–H groups in total. The molecule has 0 saturated heterocycles. The second-order valence-corrected chi connectivity index (χ2v) is 12.3. The predicted molar refractivity (Wildman–Crippen MR) is 153 cm³/mol. The number of hydrogen-bond donors (Lipinski definition) is 1. The van der Waals surface area contributed by atoms with E-state index in [1.54, 1.807) is 53.9 Å². The molecule has 2 atom stereocenters. The van der Waals surface area contributed by atoms with Gasteiger partial charge in [-0.1, -0.05) is 59.1 Å². The van der Waals surface area contributed by atoms with Crippen molar-refractivity contribution < 1.29 is 9.59 Å². The van der Waals surface area contributed by atoms with Gasteiger partial charge in [0, 0.05) is 50.8 Å². The number of Topliss-reactive ketones (excluding diaryl/α,β-unsaturated/α-hetero) is 1. The SMILES string of the molecule is O=C(Cc1ccc(-c2nccs2)cc1)c1cc(NC(=O)C2C(c3cc(Cl)cc(Cl)c3)C2(Cl)Cl)ccc1Cl. The lowest BCUT2D eigenvalue weighted by atomic mass is 10.0. The summed E-state index contributed by atoms with van der Waals surface area (Å²) in [5.41, 5.74) is 3.22. The number of thiazole rings is 1. The summed E-state index contributed by atoms with van der Waals surface area (Å²) in [6.45, 7) is 0. The van der Waals surface area contributed by atoms with Crippen molar-refractivity contribution in [3.63, 3.8) is 0 Å². The van der Waals surface area contributed by atoms with Gasteiger partial charge in [0.1, 0.15) is 9.34 Å². The van der Waals surface area contributed by atoms with E-state index in [1.165, 1.54) is 0 Å². The molecule has 1 aliphatic rings. The zero-order valence-corrected chi connectivity index (χ0v) is 23.4. The Morgan fingerprint density at radius 3 is 2.30 bits per heavy atom. The first-order valence-corrected chi connectivity index (χ1v) is 13.9. The highest BCUT2D eigenvalue weighted by Crippen LogP contribution is 2.65. The Morgan fingerprint density at radius 1 is 0.946 bits per heavy atom. The van der Waals surface area contributed by atoms with Crippen LogP contribution in [0.2, 0.25) is 15.1 Å². The van der Waals surface area contributed by atoms with Crippen LogP contribution < -0.4 is 5.32 Å². The van der Waals surface area contributed by atoms with Crippen LogP contribution in [0.3, 0.4) is 0 Å². The minimum absolute atomic E-state index is 0.155. The number of anilines is 1. The number of amides is 1. The summed E-state index contributed by atoms with van der Waals surface area (Å²) in [5.74, 6) is -1.76. The van der Waals surface area contributed by atoms with Gasteiger partial charge in [0.05, 0.1) is 10.9 Å². The van der Waals surface area contributed by atoms with Crippen LogP contribution in [0.5, 0.6) is 0 Å². The molecule has 1 amide bonds. The molecule has 3 aromatic carbocycles. The van der Waals surface area contributed by atoms with Gasteiger partial charge in [0.25, 0.3) is 0 Å². The summed E-state index contributed by atoms with van der Waals surface area (Å²) >= 11 is 33.0. The van der Waals surface area contributed by atoms with E-state index in [0.29, 0.717) is 31.9 Å². The van der Waals surface area contributed by atoms with Crippen LogP contribution >= 0.6 is 69.3 Å². The number of rotatable bonds is 7. The Hall–Kier alpha value is -2.12. The van der Waals surface area contributed by atoms with E-state index >= 15 is 0 Å². The van der Waals surface area contributed by atoms with Gasteiger partial charge < -0.3 is 5.32 Å². The van der Waals surface area contributed by atoms with E-state index in [4.69, 9.17) is 58.0 Å². The molecule has 5 rings (SSSR count). The minimum Gasteiger partial charge on any atom is -0.326 e. The van der Waals surface area contributed by atoms with Crippen molar-refractivity contribution >= 4 is 86.7 Å². The van der Waals surface area contributed by atoms with E-state index in [-0.39, 0.29) is 18.1 Å². The molecule has 4 aromatic rings. The Labute approximate surface area is 242 Å². The molecule has 2 unspecified atom stereocenters. The molecular formula is C27H17Cl5N2O2S. The third kappa shape index (κ3) is 5.68. The molecule has 0 bridgehead atoms. The summed E-state index contributed by atoms with van der Waals surface area (Å²) in [4.78, 5) is 30.4. The Kier molecular flexibility index (Phi) is 7.56. The number of nitrogens with zero attached hydrogens (tertiary/aromatic N) is 1. The molecule has 0 radical (unpaired) electrons. The second-order valence-electron chi connectivity index (χ2n) is 8.65. The fraction of sp³-hybridized carbons (Fsp3) is 0.148. The van der Waals surface area contributed by atoms with E-state index in [0.717, 1.165) is 16.1 Å². The quantitative estimate of drug-likeness (QED) is 0.168. The summed E-state index contributed by atoms with van der Waals surface area (Å²) < 4.78 is -1.31. The monoisotopic (exact) mass is 608 g/mol. The number of hydrogen-bond acceptors (Lipinski definition) is 4. The summed E-state index contributed by atoms with van der Waals surface area (Å²) in [6.07, 6.45) is 1.91. The first kappa shape index (κ1) is 26.5. The van der Waals surface area contributed by atoms with Crippen molar-refractivity contribution in [3.05, 3.63) is 104 Å². The average molecular weight is 611 g/mol. The lowest BCUT2D eigenvalue weighted by molar-refractivity contribution is -0.117. The molecule has 4 nitrogen and oxygen atoms in total. The molecule has 1 saturated carbocycles. The molecule has 1 heterocycles. The van der Waals surface area contributed by atoms with Crippen LogP contribution in [0, 0.1) is 5.92 Å². The minimum atomic E-state index is -1.31. The normalized spacial score (nSPS) is 17.9. The van der Waals surface area contributed by atoms with Crippen molar-refractivity contribution in [2.45, 2.75) is 16.7 Å². The summed E-state index contributed by atoms with van der Waals surface area (Å²) in [7, 11) is 0. The molecule has 1 fully saturated rings. The van der Waals surface area contributed by atoms with Gasteiger partial charge in [-0.3, -0.25) is 9.59 Å². The number of benzene rings is 3. The summed E-state index contributed by atoms with van der Waals surface area (Å²) in [5, 5.41) is 6.79. The number of nitrogens with one attached hydrogen (secondary N) is 1. The molecule has 1 aliphatic carbocycles. The van der Waals surface area contributed by atoms with Gasteiger partial charge in [-0.05, 0) is 47.5 Å². The van der Waals surface area contributed by atoms with Crippen molar-refractivity contribution in [1.82, 2.24) is 4.98 Å². The Bertz CT molecular complexity index is 1470. The number of carbonyl (C=O) groups excluding carboxylic acids is 2. The van der Waals surface area contributed by atoms with Crippen LogP contribution in [-0.2, 0) is 11.2 Å². The fourth-order valence-electron chi connectivity index (χ4n) is 4.27. The van der Waals surface area contributed by atoms with Crippen LogP contribution in [0.15, 0.2) is 72.2 Å².